The molecule has 61 heavy (non-hydrogen) atoms. The van der Waals surface area contributed by atoms with E-state index >= 15 is 0 Å². The summed E-state index contributed by atoms with van der Waals surface area (Å²) in [4.78, 5) is 45.9. The number of hydrogen-bond acceptors (Lipinski definition) is 10. The number of nitrogens with two attached hydrogens (primary N) is 1. The first kappa shape index (κ1) is 56.8. The van der Waals surface area contributed by atoms with Gasteiger partial charge in [-0.3, -0.25) is 23.4 Å². The van der Waals surface area contributed by atoms with Gasteiger partial charge in [0.1, 0.15) is 12.6 Å². The maximum Gasteiger partial charge on any atom is 0.472 e. The van der Waals surface area contributed by atoms with Crippen molar-refractivity contribution in [2.75, 3.05) is 19.8 Å². The lowest BCUT2D eigenvalue weighted by Gasteiger charge is -2.20. The molecule has 12 nitrogen and oxygen atoms in total. The third kappa shape index (κ3) is 41.0. The molecular weight excluding hydrogens is 797 g/mol. The summed E-state index contributed by atoms with van der Waals surface area (Å²) in [5, 5.41) is 18.8. The van der Waals surface area contributed by atoms with Gasteiger partial charge in [0.15, 0.2) is 6.10 Å². The number of phosphoric acid groups is 1. The van der Waals surface area contributed by atoms with Crippen LogP contribution in [-0.4, -0.2) is 71.1 Å². The van der Waals surface area contributed by atoms with E-state index in [4.69, 9.17) is 24.8 Å². The number of rotatable bonds is 38. The fourth-order valence-corrected chi connectivity index (χ4v) is 5.68. The Morgan fingerprint density at radius 3 is 1.66 bits per heavy atom. The number of aliphatic hydroxyl groups excluding tert-OH is 1. The number of carboxylic acids is 1. The van der Waals surface area contributed by atoms with E-state index in [0.717, 1.165) is 70.6 Å². The summed E-state index contributed by atoms with van der Waals surface area (Å²) in [7, 11) is -4.77. The molecule has 0 saturated carbocycles. The van der Waals surface area contributed by atoms with Crippen LogP contribution in [0.1, 0.15) is 123 Å². The summed E-state index contributed by atoms with van der Waals surface area (Å²) in [6.45, 7) is 2.39. The van der Waals surface area contributed by atoms with E-state index in [1.807, 2.05) is 60.8 Å². The van der Waals surface area contributed by atoms with E-state index in [1.165, 1.54) is 0 Å². The van der Waals surface area contributed by atoms with Gasteiger partial charge in [-0.05, 0) is 77.0 Å². The van der Waals surface area contributed by atoms with E-state index < -0.39 is 63.8 Å². The van der Waals surface area contributed by atoms with Gasteiger partial charge in [0.2, 0.25) is 0 Å². The summed E-state index contributed by atoms with van der Waals surface area (Å²) in [6, 6.07) is -1.55. The molecule has 1 unspecified atom stereocenters. The molecule has 0 heterocycles. The Hall–Kier alpha value is -4.16. The molecule has 0 aliphatic rings. The van der Waals surface area contributed by atoms with Crippen molar-refractivity contribution in [2.24, 2.45) is 5.73 Å². The summed E-state index contributed by atoms with van der Waals surface area (Å²) >= 11 is 0. The normalized spacial score (nSPS) is 15.4. The molecule has 0 aromatic rings. The van der Waals surface area contributed by atoms with Gasteiger partial charge in [0.25, 0.3) is 0 Å². The second kappa shape index (κ2) is 41.2. The van der Waals surface area contributed by atoms with Crippen molar-refractivity contribution < 1.29 is 52.6 Å². The smallest absolute Gasteiger partial charge is 0.472 e. The number of allylic oxidation sites excluding steroid dienone is 19. The predicted molar refractivity (Wildman–Crippen MR) is 245 cm³/mol. The molecule has 0 bridgehead atoms. The Labute approximate surface area is 365 Å². The topological polar surface area (TPSA) is 192 Å². The number of aliphatic carboxylic acids is 1. The summed E-state index contributed by atoms with van der Waals surface area (Å²) in [5.41, 5.74) is 5.32. The van der Waals surface area contributed by atoms with Gasteiger partial charge >= 0.3 is 25.7 Å². The number of ether oxygens (including phenoxy) is 2. The highest BCUT2D eigenvalue weighted by molar-refractivity contribution is 7.47. The number of carboxylic acid groups (broad SMARTS) is 1. The number of unbranched alkanes of at least 4 members (excludes halogenated alkanes) is 3. The minimum Gasteiger partial charge on any atom is -0.480 e. The predicted octanol–water partition coefficient (Wildman–Crippen LogP) is 10.6. The first-order valence-electron chi connectivity index (χ1n) is 21.7. The van der Waals surface area contributed by atoms with Crippen LogP contribution in [0.4, 0.5) is 0 Å². The third-order valence-electron chi connectivity index (χ3n) is 8.31. The van der Waals surface area contributed by atoms with E-state index in [1.54, 1.807) is 0 Å². The molecule has 342 valence electrons. The number of esters is 2. The van der Waals surface area contributed by atoms with Gasteiger partial charge in [-0.1, -0.05) is 155 Å². The lowest BCUT2D eigenvalue weighted by atomic mass is 10.1. The van der Waals surface area contributed by atoms with E-state index in [-0.39, 0.29) is 12.8 Å². The van der Waals surface area contributed by atoms with Crippen molar-refractivity contribution in [2.45, 2.75) is 141 Å². The van der Waals surface area contributed by atoms with E-state index in [0.29, 0.717) is 25.7 Å². The second-order valence-electron chi connectivity index (χ2n) is 13.9. The first-order valence-corrected chi connectivity index (χ1v) is 23.2. The van der Waals surface area contributed by atoms with Crippen molar-refractivity contribution >= 4 is 25.7 Å². The summed E-state index contributed by atoms with van der Waals surface area (Å²) in [6.07, 6.45) is 51.8. The Morgan fingerprint density at radius 2 is 1.11 bits per heavy atom. The van der Waals surface area contributed by atoms with Crippen molar-refractivity contribution in [1.29, 1.82) is 0 Å². The molecular formula is C48H74NO11P. The van der Waals surface area contributed by atoms with Crippen molar-refractivity contribution in [1.82, 2.24) is 0 Å². The van der Waals surface area contributed by atoms with Crippen molar-refractivity contribution in [3.8, 4) is 0 Å². The Morgan fingerprint density at radius 1 is 0.607 bits per heavy atom. The molecule has 0 aliphatic carbocycles. The molecule has 5 N–H and O–H groups in total. The maximum absolute atomic E-state index is 12.6. The highest BCUT2D eigenvalue weighted by atomic mass is 31.2. The molecule has 0 amide bonds. The fraction of sp³-hybridized carbons (Fsp3) is 0.521. The van der Waals surface area contributed by atoms with E-state index in [2.05, 4.69) is 79.1 Å². The summed E-state index contributed by atoms with van der Waals surface area (Å²) < 4.78 is 32.5. The Bertz CT molecular complexity index is 1510. The molecule has 0 fully saturated rings. The average molecular weight is 872 g/mol. The van der Waals surface area contributed by atoms with Crippen LogP contribution in [0.2, 0.25) is 0 Å². The molecule has 13 heteroatoms. The largest absolute Gasteiger partial charge is 0.480 e. The van der Waals surface area contributed by atoms with Crippen LogP contribution in [0.5, 0.6) is 0 Å². The lowest BCUT2D eigenvalue weighted by Crippen LogP contribution is -2.34. The van der Waals surface area contributed by atoms with Gasteiger partial charge in [-0.2, -0.15) is 0 Å². The average Bonchev–Trinajstić information content (AvgIpc) is 3.23. The van der Waals surface area contributed by atoms with Gasteiger partial charge in [-0.15, -0.1) is 0 Å². The zero-order valence-corrected chi connectivity index (χ0v) is 37.4. The zero-order chi connectivity index (χ0) is 45.1. The van der Waals surface area contributed by atoms with E-state index in [9.17, 15) is 28.9 Å². The molecule has 4 atom stereocenters. The highest BCUT2D eigenvalue weighted by Crippen LogP contribution is 2.43. The molecule has 0 aliphatic heterocycles. The molecule has 0 aromatic carbocycles. The molecule has 0 spiro atoms. The molecule has 0 rings (SSSR count). The minimum atomic E-state index is -4.77. The number of carbonyl (C=O) groups excluding carboxylic acids is 2. The number of aliphatic hydroxyl groups is 1. The maximum atomic E-state index is 12.6. The first-order chi connectivity index (χ1) is 29.5. The van der Waals surface area contributed by atoms with Crippen molar-refractivity contribution in [3.63, 3.8) is 0 Å². The second-order valence-corrected chi connectivity index (χ2v) is 15.4. The lowest BCUT2D eigenvalue weighted by molar-refractivity contribution is -0.161. The van der Waals surface area contributed by atoms with Crippen LogP contribution in [0.25, 0.3) is 0 Å². The Kier molecular flexibility index (Phi) is 38.4. The fourth-order valence-electron chi connectivity index (χ4n) is 4.90. The standard InChI is InChI=1S/C48H74NO11P/c1-3-5-7-8-9-10-11-12-13-14-15-16-17-18-21-25-28-31-35-39-47(52)60-44(41-58-61(55,56)59-42-45(49)48(53)54)40-57-46(51)38-34-30-27-24-22-19-20-23-26-29-33-37-43(50)36-32-6-4-2/h5,7,9-10,12-13,15-16,18-21,24,26-29,31,33,37,43-45,50H,3-4,6,8,11,14,17,22-23,25,30,32,34-36,38-42,49H2,1-2H3,(H,53,54)(H,55,56)/b7-5-,10-9-,13-12-,16-15-,20-19-,21-18-,27-24-,29-26-,31-28-,37-33+/t43-,44-,45+/m1/s1. The van der Waals surface area contributed by atoms with Gasteiger partial charge in [0, 0.05) is 12.8 Å². The van der Waals surface area contributed by atoms with Crippen LogP contribution < -0.4 is 5.73 Å². The monoisotopic (exact) mass is 871 g/mol. The Balaban J connectivity index is 4.65. The molecule has 0 aromatic heterocycles. The third-order valence-corrected chi connectivity index (χ3v) is 9.26. The molecule has 0 saturated heterocycles. The minimum absolute atomic E-state index is 0.00714. The van der Waals surface area contributed by atoms with Crippen LogP contribution in [0, 0.1) is 0 Å². The summed E-state index contributed by atoms with van der Waals surface area (Å²) in [5.74, 6) is -2.61. The van der Waals surface area contributed by atoms with Crippen molar-refractivity contribution in [3.05, 3.63) is 122 Å². The quantitative estimate of drug-likeness (QED) is 0.0151. The van der Waals surface area contributed by atoms with Gasteiger partial charge < -0.3 is 30.3 Å². The highest BCUT2D eigenvalue weighted by Gasteiger charge is 2.28. The number of carbonyl (C=O) groups is 3. The van der Waals surface area contributed by atoms with Crippen LogP contribution in [0.3, 0.4) is 0 Å². The SMILES string of the molecule is CC/C=C\C/C=C\C/C=C\C/C=C\C/C=C\C/C=C\CCC(=O)O[C@H](COC(=O)CCC/C=C\C/C=C\C/C=C\C=C\[C@H](O)CCCCC)COP(=O)(O)OC[C@H](N)C(=O)O. The molecule has 0 radical (unpaired) electrons. The zero-order valence-electron chi connectivity index (χ0n) is 36.6. The number of phosphoric ester groups is 1. The van der Waals surface area contributed by atoms with Gasteiger partial charge in [-0.25, -0.2) is 4.57 Å². The van der Waals surface area contributed by atoms with Crippen LogP contribution in [0.15, 0.2) is 122 Å². The van der Waals surface area contributed by atoms with Crippen LogP contribution >= 0.6 is 7.82 Å². The van der Waals surface area contributed by atoms with Gasteiger partial charge in [0.05, 0.1) is 19.3 Å². The number of hydrogen-bond donors (Lipinski definition) is 4. The van der Waals surface area contributed by atoms with Crippen LogP contribution in [-0.2, 0) is 37.5 Å².